The minimum Gasteiger partial charge on any atom is -0.366 e. The number of benzene rings is 2. The lowest BCUT2D eigenvalue weighted by molar-refractivity contribution is -0.137. The number of aromatic nitrogens is 2. The topological polar surface area (TPSA) is 33.1 Å². The van der Waals surface area contributed by atoms with Crippen LogP contribution in [0, 0.1) is 13.8 Å². The normalized spacial score (nSPS) is 17.6. The van der Waals surface area contributed by atoms with Gasteiger partial charge >= 0.3 is 6.18 Å². The van der Waals surface area contributed by atoms with Crippen molar-refractivity contribution in [1.82, 2.24) is 15.1 Å². The minimum absolute atomic E-state index is 0.0399. The lowest BCUT2D eigenvalue weighted by Crippen LogP contribution is -2.48. The molecule has 1 saturated heterocycles. The molecule has 3 aromatic rings. The summed E-state index contributed by atoms with van der Waals surface area (Å²) in [5.74, 6) is 0. The fourth-order valence-electron chi connectivity index (χ4n) is 3.91. The Bertz CT molecular complexity index is 992. The van der Waals surface area contributed by atoms with Gasteiger partial charge in [0.25, 0.3) is 0 Å². The summed E-state index contributed by atoms with van der Waals surface area (Å²) in [6.07, 6.45) is -4.29. The molecule has 2 heterocycles. The van der Waals surface area contributed by atoms with Crippen LogP contribution in [0.2, 0.25) is 0 Å². The van der Waals surface area contributed by atoms with E-state index in [-0.39, 0.29) is 6.17 Å². The molecule has 0 saturated carbocycles. The van der Waals surface area contributed by atoms with Gasteiger partial charge in [-0.25, -0.2) is 0 Å². The predicted molar refractivity (Wildman–Crippen MR) is 108 cm³/mol. The van der Waals surface area contributed by atoms with E-state index in [1.165, 1.54) is 0 Å². The first-order valence-corrected chi connectivity index (χ1v) is 9.60. The van der Waals surface area contributed by atoms with Crippen LogP contribution in [-0.2, 0) is 6.18 Å². The molecule has 29 heavy (non-hydrogen) atoms. The Morgan fingerprint density at radius 3 is 2.41 bits per heavy atom. The number of aryl methyl sites for hydroxylation is 2. The lowest BCUT2D eigenvalue weighted by atomic mass is 10.0. The monoisotopic (exact) mass is 400 g/mol. The van der Waals surface area contributed by atoms with Gasteiger partial charge in [0.1, 0.15) is 6.17 Å². The second-order valence-corrected chi connectivity index (χ2v) is 7.38. The summed E-state index contributed by atoms with van der Waals surface area (Å²) in [7, 11) is 0. The van der Waals surface area contributed by atoms with Crippen molar-refractivity contribution in [1.29, 1.82) is 0 Å². The van der Waals surface area contributed by atoms with E-state index in [2.05, 4.69) is 21.4 Å². The minimum atomic E-state index is -4.33. The van der Waals surface area contributed by atoms with E-state index in [1.54, 1.807) is 12.1 Å². The standard InChI is InChI=1S/C22H23F3N4/c1-15-13-16(2)29(27-15)21-14-28(12-11-26-21)20-6-4-3-5-19(20)17-7-9-18(10-8-17)22(23,24)25/h3-10,13,21,26H,11-12,14H2,1-2H3. The molecule has 1 fully saturated rings. The molecule has 1 atom stereocenters. The molecular formula is C22H23F3N4. The summed E-state index contributed by atoms with van der Waals surface area (Å²) in [5, 5.41) is 8.10. The number of nitrogens with one attached hydrogen (secondary N) is 1. The Morgan fingerprint density at radius 2 is 1.76 bits per heavy atom. The zero-order chi connectivity index (χ0) is 20.6. The van der Waals surface area contributed by atoms with Gasteiger partial charge in [-0.2, -0.15) is 18.3 Å². The molecule has 152 valence electrons. The van der Waals surface area contributed by atoms with Gasteiger partial charge in [-0.1, -0.05) is 30.3 Å². The van der Waals surface area contributed by atoms with Gasteiger partial charge in [-0.15, -0.1) is 0 Å². The quantitative estimate of drug-likeness (QED) is 0.686. The van der Waals surface area contributed by atoms with Crippen molar-refractivity contribution in [3.8, 4) is 11.1 Å². The van der Waals surface area contributed by atoms with Gasteiger partial charge in [0.05, 0.1) is 17.8 Å². The number of nitrogens with zero attached hydrogens (tertiary/aromatic N) is 3. The second kappa shape index (κ2) is 7.55. The molecule has 4 rings (SSSR count). The first kappa shape index (κ1) is 19.5. The Morgan fingerprint density at radius 1 is 1.03 bits per heavy atom. The van der Waals surface area contributed by atoms with Crippen LogP contribution in [-0.4, -0.2) is 29.4 Å². The average Bonchev–Trinajstić information content (AvgIpc) is 3.05. The number of halogens is 3. The van der Waals surface area contributed by atoms with Gasteiger partial charge < -0.3 is 4.90 Å². The van der Waals surface area contributed by atoms with E-state index < -0.39 is 11.7 Å². The van der Waals surface area contributed by atoms with E-state index in [9.17, 15) is 13.2 Å². The third-order valence-electron chi connectivity index (χ3n) is 5.26. The Labute approximate surface area is 168 Å². The number of hydrogen-bond acceptors (Lipinski definition) is 3. The highest BCUT2D eigenvalue weighted by molar-refractivity contribution is 5.79. The van der Waals surface area contributed by atoms with Gasteiger partial charge in [0.2, 0.25) is 0 Å². The molecule has 7 heteroatoms. The molecule has 0 radical (unpaired) electrons. The van der Waals surface area contributed by atoms with E-state index >= 15 is 0 Å². The van der Waals surface area contributed by atoms with E-state index in [4.69, 9.17) is 0 Å². The highest BCUT2D eigenvalue weighted by Crippen LogP contribution is 2.35. The number of para-hydroxylation sites is 1. The number of piperazine rings is 1. The van der Waals surface area contributed by atoms with Crippen LogP contribution in [0.4, 0.5) is 18.9 Å². The zero-order valence-electron chi connectivity index (χ0n) is 16.4. The lowest BCUT2D eigenvalue weighted by Gasteiger charge is -2.36. The van der Waals surface area contributed by atoms with Crippen molar-refractivity contribution < 1.29 is 13.2 Å². The fraction of sp³-hybridized carbons (Fsp3) is 0.318. The molecule has 2 aromatic carbocycles. The molecule has 4 nitrogen and oxygen atoms in total. The molecule has 1 aromatic heterocycles. The van der Waals surface area contributed by atoms with Crippen molar-refractivity contribution in [2.45, 2.75) is 26.2 Å². The van der Waals surface area contributed by atoms with Crippen molar-refractivity contribution in [2.24, 2.45) is 0 Å². The molecule has 1 aliphatic heterocycles. The third-order valence-corrected chi connectivity index (χ3v) is 5.26. The van der Waals surface area contributed by atoms with Crippen molar-refractivity contribution >= 4 is 5.69 Å². The van der Waals surface area contributed by atoms with E-state index in [1.807, 2.05) is 42.8 Å². The Kier molecular flexibility index (Phi) is 5.08. The number of anilines is 1. The van der Waals surface area contributed by atoms with Gasteiger partial charge in [0, 0.05) is 30.0 Å². The van der Waals surface area contributed by atoms with Crippen molar-refractivity contribution in [3.05, 3.63) is 71.5 Å². The fourth-order valence-corrected chi connectivity index (χ4v) is 3.91. The van der Waals surface area contributed by atoms with Gasteiger partial charge in [-0.05, 0) is 43.7 Å². The van der Waals surface area contributed by atoms with Crippen LogP contribution >= 0.6 is 0 Å². The maximum atomic E-state index is 12.9. The maximum Gasteiger partial charge on any atom is 0.416 e. The molecule has 1 unspecified atom stereocenters. The molecule has 0 spiro atoms. The van der Waals surface area contributed by atoms with Gasteiger partial charge in [-0.3, -0.25) is 10.00 Å². The van der Waals surface area contributed by atoms with E-state index in [0.29, 0.717) is 0 Å². The first-order valence-electron chi connectivity index (χ1n) is 9.60. The largest absolute Gasteiger partial charge is 0.416 e. The smallest absolute Gasteiger partial charge is 0.366 e. The van der Waals surface area contributed by atoms with Crippen LogP contribution in [0.25, 0.3) is 11.1 Å². The summed E-state index contributed by atoms with van der Waals surface area (Å²) in [4.78, 5) is 2.27. The SMILES string of the molecule is Cc1cc(C)n(C2CN(c3ccccc3-c3ccc(C(F)(F)F)cc3)CCN2)n1. The summed E-state index contributed by atoms with van der Waals surface area (Å²) in [6.45, 7) is 6.35. The molecule has 1 N–H and O–H groups in total. The molecule has 1 aliphatic rings. The molecule has 0 amide bonds. The molecular weight excluding hydrogens is 377 g/mol. The average molecular weight is 400 g/mol. The third kappa shape index (κ3) is 4.00. The zero-order valence-corrected chi connectivity index (χ0v) is 16.4. The Balaban J connectivity index is 1.63. The highest BCUT2D eigenvalue weighted by atomic mass is 19.4. The summed E-state index contributed by atoms with van der Waals surface area (Å²) >= 11 is 0. The summed E-state index contributed by atoms with van der Waals surface area (Å²) < 4.78 is 40.7. The maximum absolute atomic E-state index is 12.9. The van der Waals surface area contributed by atoms with Crippen LogP contribution < -0.4 is 10.2 Å². The molecule has 0 aliphatic carbocycles. The summed E-state index contributed by atoms with van der Waals surface area (Å²) in [5.41, 5.74) is 4.15. The number of hydrogen-bond donors (Lipinski definition) is 1. The van der Waals surface area contributed by atoms with Crippen LogP contribution in [0.15, 0.2) is 54.6 Å². The number of rotatable bonds is 3. The van der Waals surface area contributed by atoms with Crippen LogP contribution in [0.5, 0.6) is 0 Å². The van der Waals surface area contributed by atoms with Crippen LogP contribution in [0.3, 0.4) is 0 Å². The van der Waals surface area contributed by atoms with E-state index in [0.717, 1.165) is 60.0 Å². The molecule has 0 bridgehead atoms. The number of alkyl halides is 3. The van der Waals surface area contributed by atoms with Crippen LogP contribution in [0.1, 0.15) is 23.1 Å². The van der Waals surface area contributed by atoms with Crippen molar-refractivity contribution in [3.63, 3.8) is 0 Å². The Hall–Kier alpha value is -2.80. The predicted octanol–water partition coefficient (Wildman–Crippen LogP) is 4.79. The highest BCUT2D eigenvalue weighted by Gasteiger charge is 2.30. The summed E-state index contributed by atoms with van der Waals surface area (Å²) in [6, 6.07) is 15.3. The van der Waals surface area contributed by atoms with Gasteiger partial charge in [0.15, 0.2) is 0 Å². The second-order valence-electron chi connectivity index (χ2n) is 7.38. The first-order chi connectivity index (χ1) is 13.8. The van der Waals surface area contributed by atoms with Crippen molar-refractivity contribution in [2.75, 3.05) is 24.5 Å².